The first-order valence-corrected chi connectivity index (χ1v) is 12.4. The molecule has 0 saturated heterocycles. The van der Waals surface area contributed by atoms with Gasteiger partial charge in [0.15, 0.2) is 5.03 Å². The van der Waals surface area contributed by atoms with Gasteiger partial charge in [-0.2, -0.15) is 0 Å². The number of nitrogens with zero attached hydrogens (tertiary/aromatic N) is 1. The molecule has 154 valence electrons. The number of aromatic nitrogens is 1. The maximum atomic E-state index is 13.4. The molecule has 29 heavy (non-hydrogen) atoms. The Morgan fingerprint density at radius 1 is 1.00 bits per heavy atom. The van der Waals surface area contributed by atoms with E-state index in [0.29, 0.717) is 23.3 Å². The van der Waals surface area contributed by atoms with Crippen LogP contribution >= 0.6 is 11.6 Å². The third-order valence-electron chi connectivity index (χ3n) is 5.12. The van der Waals surface area contributed by atoms with E-state index >= 15 is 0 Å². The van der Waals surface area contributed by atoms with Crippen molar-refractivity contribution >= 4 is 42.6 Å². The van der Waals surface area contributed by atoms with E-state index in [0.717, 1.165) is 10.4 Å². The molecule has 1 aromatic heterocycles. The van der Waals surface area contributed by atoms with Crippen molar-refractivity contribution in [3.63, 3.8) is 0 Å². The van der Waals surface area contributed by atoms with Crippen LogP contribution in [-0.4, -0.2) is 32.9 Å². The van der Waals surface area contributed by atoms with Gasteiger partial charge in [-0.1, -0.05) is 36.2 Å². The maximum absolute atomic E-state index is 13.4. The van der Waals surface area contributed by atoms with E-state index in [9.17, 15) is 16.8 Å². The van der Waals surface area contributed by atoms with Gasteiger partial charge in [0, 0.05) is 22.5 Å². The summed E-state index contributed by atoms with van der Waals surface area (Å²) in [4.78, 5) is -0.0125. The number of fused-ring (bicyclic) bond motifs is 1. The second-order valence-electron chi connectivity index (χ2n) is 7.09. The van der Waals surface area contributed by atoms with Gasteiger partial charge in [-0.05, 0) is 49.2 Å². The molecule has 1 fully saturated rings. The highest BCUT2D eigenvalue weighted by molar-refractivity contribution is 7.92. The number of hydrogen-bond donors (Lipinski definition) is 2. The Kier molecular flexibility index (Phi) is 5.20. The molecule has 4 rings (SSSR count). The van der Waals surface area contributed by atoms with Crippen LogP contribution in [0.1, 0.15) is 19.3 Å². The van der Waals surface area contributed by atoms with Crippen LogP contribution in [0.15, 0.2) is 64.5 Å². The van der Waals surface area contributed by atoms with Gasteiger partial charge in [-0.15, -0.1) is 0 Å². The van der Waals surface area contributed by atoms with Gasteiger partial charge >= 0.3 is 0 Å². The summed E-state index contributed by atoms with van der Waals surface area (Å²) < 4.78 is 56.6. The minimum atomic E-state index is -4.17. The van der Waals surface area contributed by atoms with E-state index in [1.54, 1.807) is 18.2 Å². The maximum Gasteiger partial charge on any atom is 0.269 e. The average molecular weight is 454 g/mol. The molecule has 0 unspecified atom stereocenters. The second kappa shape index (κ2) is 7.41. The fraction of sp³-hybridized carbons (Fsp3) is 0.263. The molecule has 0 aliphatic heterocycles. The summed E-state index contributed by atoms with van der Waals surface area (Å²) in [6, 6.07) is 12.8. The standard InChI is InChI=1S/C19H20ClN3O4S2/c20-14-9-10-18-13(11-14)12-19(28(24,25)22-17-8-4-7-16(17)21)23(18)29(26,27)15-5-2-1-3-6-15/h1-3,5-6,9-12,16-17,22H,4,7-8,21H2/t16-,17+/m0/s1. The molecule has 0 spiro atoms. The lowest BCUT2D eigenvalue weighted by Crippen LogP contribution is -2.44. The van der Waals surface area contributed by atoms with Gasteiger partial charge in [0.05, 0.1) is 10.4 Å². The SMILES string of the molecule is N[C@H]1CCC[C@H]1NS(=O)(=O)c1cc2cc(Cl)ccc2n1S(=O)(=O)c1ccccc1. The monoisotopic (exact) mass is 453 g/mol. The quantitative estimate of drug-likeness (QED) is 0.616. The Balaban J connectivity index is 1.94. The Labute approximate surface area is 174 Å². The van der Waals surface area contributed by atoms with Crippen LogP contribution in [0.25, 0.3) is 10.9 Å². The number of sulfonamides is 1. The predicted octanol–water partition coefficient (Wildman–Crippen LogP) is 2.69. The lowest BCUT2D eigenvalue weighted by atomic mass is 10.2. The number of rotatable bonds is 5. The number of benzene rings is 2. The third kappa shape index (κ3) is 3.69. The predicted molar refractivity (Wildman–Crippen MR) is 112 cm³/mol. The molecule has 1 aliphatic carbocycles. The van der Waals surface area contributed by atoms with Gasteiger partial charge in [-0.25, -0.2) is 25.5 Å². The Morgan fingerprint density at radius 3 is 2.38 bits per heavy atom. The van der Waals surface area contributed by atoms with Crippen molar-refractivity contribution < 1.29 is 16.8 Å². The zero-order valence-corrected chi connectivity index (χ0v) is 17.7. The van der Waals surface area contributed by atoms with Crippen LogP contribution in [0.2, 0.25) is 5.02 Å². The second-order valence-corrected chi connectivity index (χ2v) is 11.0. The van der Waals surface area contributed by atoms with Gasteiger partial charge in [0.25, 0.3) is 20.0 Å². The molecular formula is C19H20ClN3O4S2. The van der Waals surface area contributed by atoms with E-state index in [-0.39, 0.29) is 21.5 Å². The molecule has 0 amide bonds. The van der Waals surface area contributed by atoms with Crippen molar-refractivity contribution in [2.24, 2.45) is 5.73 Å². The molecule has 2 atom stereocenters. The summed E-state index contributed by atoms with van der Waals surface area (Å²) in [5.74, 6) is 0. The Morgan fingerprint density at radius 2 is 1.72 bits per heavy atom. The van der Waals surface area contributed by atoms with Crippen LogP contribution in [0.4, 0.5) is 0 Å². The van der Waals surface area contributed by atoms with Crippen molar-refractivity contribution in [1.29, 1.82) is 0 Å². The Hall–Kier alpha value is -1.91. The number of halogens is 1. The zero-order valence-electron chi connectivity index (χ0n) is 15.3. The fourth-order valence-electron chi connectivity index (χ4n) is 3.66. The average Bonchev–Trinajstić information content (AvgIpc) is 3.26. The number of hydrogen-bond acceptors (Lipinski definition) is 5. The van der Waals surface area contributed by atoms with Gasteiger partial charge < -0.3 is 5.73 Å². The van der Waals surface area contributed by atoms with Crippen LogP contribution in [0, 0.1) is 0 Å². The van der Waals surface area contributed by atoms with Crippen LogP contribution in [0.5, 0.6) is 0 Å². The molecule has 1 saturated carbocycles. The molecule has 1 heterocycles. The minimum absolute atomic E-state index is 0.0125. The molecule has 3 aromatic rings. The molecule has 2 aromatic carbocycles. The lowest BCUT2D eigenvalue weighted by molar-refractivity contribution is 0.518. The summed E-state index contributed by atoms with van der Waals surface area (Å²) >= 11 is 6.04. The molecular weight excluding hydrogens is 434 g/mol. The van der Waals surface area contributed by atoms with E-state index in [1.807, 2.05) is 0 Å². The number of nitrogens with one attached hydrogen (secondary N) is 1. The van der Waals surface area contributed by atoms with Crippen LogP contribution in [0.3, 0.4) is 0 Å². The topological polar surface area (TPSA) is 111 Å². The summed E-state index contributed by atoms with van der Waals surface area (Å²) in [7, 11) is -8.34. The summed E-state index contributed by atoms with van der Waals surface area (Å²) in [5, 5.41) is 0.423. The van der Waals surface area contributed by atoms with E-state index in [4.69, 9.17) is 17.3 Å². The highest BCUT2D eigenvalue weighted by Crippen LogP contribution is 2.31. The third-order valence-corrected chi connectivity index (χ3v) is 8.68. The molecule has 0 bridgehead atoms. The van der Waals surface area contributed by atoms with E-state index in [1.165, 1.54) is 36.4 Å². The van der Waals surface area contributed by atoms with E-state index < -0.39 is 26.1 Å². The molecule has 7 nitrogen and oxygen atoms in total. The van der Waals surface area contributed by atoms with Crippen molar-refractivity contribution in [2.75, 3.05) is 0 Å². The molecule has 0 radical (unpaired) electrons. The van der Waals surface area contributed by atoms with Crippen molar-refractivity contribution in [2.45, 2.75) is 41.3 Å². The van der Waals surface area contributed by atoms with Crippen molar-refractivity contribution in [3.8, 4) is 0 Å². The largest absolute Gasteiger partial charge is 0.326 e. The van der Waals surface area contributed by atoms with Crippen LogP contribution in [-0.2, 0) is 20.0 Å². The van der Waals surface area contributed by atoms with Gasteiger partial charge in [-0.3, -0.25) is 0 Å². The smallest absolute Gasteiger partial charge is 0.269 e. The first-order chi connectivity index (χ1) is 13.7. The first-order valence-electron chi connectivity index (χ1n) is 9.10. The van der Waals surface area contributed by atoms with Gasteiger partial charge in [0.2, 0.25) is 0 Å². The normalized spacial score (nSPS) is 20.3. The van der Waals surface area contributed by atoms with Crippen LogP contribution < -0.4 is 10.5 Å². The fourth-order valence-corrected chi connectivity index (χ4v) is 7.27. The highest BCUT2D eigenvalue weighted by Gasteiger charge is 2.34. The minimum Gasteiger partial charge on any atom is -0.326 e. The van der Waals surface area contributed by atoms with Crippen molar-refractivity contribution in [3.05, 3.63) is 59.6 Å². The lowest BCUT2D eigenvalue weighted by Gasteiger charge is -2.18. The number of nitrogens with two attached hydrogens (primary N) is 1. The van der Waals surface area contributed by atoms with Crippen molar-refractivity contribution in [1.82, 2.24) is 8.69 Å². The molecule has 1 aliphatic rings. The Bertz CT molecular complexity index is 1270. The molecule has 10 heteroatoms. The summed E-state index contributed by atoms with van der Waals surface area (Å²) in [5.41, 5.74) is 6.24. The summed E-state index contributed by atoms with van der Waals surface area (Å²) in [6.07, 6.45) is 2.14. The zero-order chi connectivity index (χ0) is 20.8. The molecule has 3 N–H and O–H groups in total. The van der Waals surface area contributed by atoms with Gasteiger partial charge in [0.1, 0.15) is 0 Å². The first kappa shape index (κ1) is 20.4. The summed E-state index contributed by atoms with van der Waals surface area (Å²) in [6.45, 7) is 0. The van der Waals surface area contributed by atoms with E-state index in [2.05, 4.69) is 4.72 Å². The highest BCUT2D eigenvalue weighted by atomic mass is 35.5.